The number of nitrogens with zero attached hydrogens (tertiary/aromatic N) is 2. The van der Waals surface area contributed by atoms with Crippen LogP contribution in [0.5, 0.6) is 5.75 Å². The van der Waals surface area contributed by atoms with Crippen molar-refractivity contribution < 1.29 is 27.5 Å². The first-order chi connectivity index (χ1) is 14.9. The molecule has 0 aliphatic carbocycles. The predicted octanol–water partition coefficient (Wildman–Crippen LogP) is 1.01. The molecule has 0 spiro atoms. The van der Waals surface area contributed by atoms with Crippen molar-refractivity contribution in [3.63, 3.8) is 0 Å². The van der Waals surface area contributed by atoms with Crippen LogP contribution in [0.1, 0.15) is 0 Å². The Morgan fingerprint density at radius 2 is 1.74 bits per heavy atom. The van der Waals surface area contributed by atoms with E-state index >= 15 is 0 Å². The van der Waals surface area contributed by atoms with E-state index in [2.05, 4.69) is 10.5 Å². The van der Waals surface area contributed by atoms with Gasteiger partial charge in [0.15, 0.2) is 12.4 Å². The molecule has 3 N–H and O–H groups in total. The van der Waals surface area contributed by atoms with Crippen molar-refractivity contribution in [2.45, 2.75) is 4.90 Å². The molecule has 2 aromatic rings. The predicted molar refractivity (Wildman–Crippen MR) is 114 cm³/mol. The van der Waals surface area contributed by atoms with Crippen LogP contribution in [0.4, 0.5) is 5.69 Å². The number of nitrogens with two attached hydrogens (primary N) is 1. The minimum absolute atomic E-state index is 0.0186. The highest BCUT2D eigenvalue weighted by atomic mass is 32.2. The van der Waals surface area contributed by atoms with E-state index in [-0.39, 0.29) is 23.9 Å². The Labute approximate surface area is 180 Å². The number of hydrogen-bond donors (Lipinski definition) is 2. The number of carbonyl (C=O) groups excluding carboxylic acids is 1. The zero-order valence-electron chi connectivity index (χ0n) is 16.8. The fraction of sp³-hybridized carbons (Fsp3) is 0.300. The summed E-state index contributed by atoms with van der Waals surface area (Å²) >= 11 is 0. The summed E-state index contributed by atoms with van der Waals surface area (Å²) in [4.78, 5) is 17.1. The third kappa shape index (κ3) is 6.67. The standard InChI is InChI=1S/C20H24N4O6S/c21-19(14-29-17-4-2-1-3-5-17)23-30-15-20(25)22-16-6-8-18(9-7-16)31(26,27)24-10-12-28-13-11-24/h1-9H,10-15H2,(H2,21,23)(H,22,25). The molecule has 166 valence electrons. The second-order valence-corrected chi connectivity index (χ2v) is 8.48. The molecule has 0 saturated carbocycles. The molecule has 1 amide bonds. The molecule has 1 heterocycles. The molecule has 3 rings (SSSR count). The van der Waals surface area contributed by atoms with E-state index in [1.807, 2.05) is 18.2 Å². The van der Waals surface area contributed by atoms with Crippen molar-refractivity contribution in [3.05, 3.63) is 54.6 Å². The minimum Gasteiger partial charge on any atom is -0.486 e. The molecule has 1 fully saturated rings. The van der Waals surface area contributed by atoms with Crippen LogP contribution in [0.15, 0.2) is 64.6 Å². The highest BCUT2D eigenvalue weighted by Crippen LogP contribution is 2.19. The van der Waals surface area contributed by atoms with E-state index in [1.165, 1.54) is 28.6 Å². The second-order valence-electron chi connectivity index (χ2n) is 6.55. The Kier molecular flexibility index (Phi) is 7.82. The lowest BCUT2D eigenvalue weighted by atomic mass is 10.3. The molecule has 1 saturated heterocycles. The van der Waals surface area contributed by atoms with E-state index in [0.717, 1.165) is 0 Å². The number of anilines is 1. The summed E-state index contributed by atoms with van der Waals surface area (Å²) in [6.45, 7) is 1.04. The Morgan fingerprint density at radius 3 is 2.42 bits per heavy atom. The average Bonchev–Trinajstić information content (AvgIpc) is 2.79. The lowest BCUT2D eigenvalue weighted by molar-refractivity contribution is -0.120. The average molecular weight is 449 g/mol. The van der Waals surface area contributed by atoms with Gasteiger partial charge in [0, 0.05) is 18.8 Å². The van der Waals surface area contributed by atoms with Crippen molar-refractivity contribution in [3.8, 4) is 5.75 Å². The van der Waals surface area contributed by atoms with Gasteiger partial charge in [-0.2, -0.15) is 4.31 Å². The van der Waals surface area contributed by atoms with Crippen molar-refractivity contribution >= 4 is 27.5 Å². The number of sulfonamides is 1. The van der Waals surface area contributed by atoms with Crippen LogP contribution in [0, 0.1) is 0 Å². The number of morpholine rings is 1. The Morgan fingerprint density at radius 1 is 1.06 bits per heavy atom. The monoisotopic (exact) mass is 448 g/mol. The number of hydrogen-bond acceptors (Lipinski definition) is 7. The van der Waals surface area contributed by atoms with Gasteiger partial charge in [-0.05, 0) is 36.4 Å². The highest BCUT2D eigenvalue weighted by molar-refractivity contribution is 7.89. The maximum Gasteiger partial charge on any atom is 0.265 e. The van der Waals surface area contributed by atoms with Gasteiger partial charge in [-0.1, -0.05) is 23.4 Å². The second kappa shape index (κ2) is 10.8. The zero-order chi connectivity index (χ0) is 22.1. The maximum absolute atomic E-state index is 12.6. The number of carbonyl (C=O) groups is 1. The van der Waals surface area contributed by atoms with Crippen LogP contribution in [0.25, 0.3) is 0 Å². The summed E-state index contributed by atoms with van der Waals surface area (Å²) in [5.74, 6) is 0.246. The smallest absolute Gasteiger partial charge is 0.265 e. The molecule has 31 heavy (non-hydrogen) atoms. The summed E-state index contributed by atoms with van der Waals surface area (Å²) in [6, 6.07) is 15.0. The van der Waals surface area contributed by atoms with Crippen LogP contribution < -0.4 is 15.8 Å². The molecular weight excluding hydrogens is 424 g/mol. The van der Waals surface area contributed by atoms with Crippen molar-refractivity contribution in [2.75, 3.05) is 44.8 Å². The topological polar surface area (TPSA) is 133 Å². The number of rotatable bonds is 9. The summed E-state index contributed by atoms with van der Waals surface area (Å²) in [7, 11) is -3.58. The number of oxime groups is 1. The number of benzene rings is 2. The molecular formula is C20H24N4O6S. The van der Waals surface area contributed by atoms with Gasteiger partial charge in [0.1, 0.15) is 12.4 Å². The number of ether oxygens (including phenoxy) is 2. The fourth-order valence-corrected chi connectivity index (χ4v) is 4.13. The molecule has 11 heteroatoms. The third-order valence-electron chi connectivity index (χ3n) is 4.25. The zero-order valence-corrected chi connectivity index (χ0v) is 17.6. The fourth-order valence-electron chi connectivity index (χ4n) is 2.72. The lowest BCUT2D eigenvalue weighted by Gasteiger charge is -2.26. The van der Waals surface area contributed by atoms with Gasteiger partial charge in [0.25, 0.3) is 5.91 Å². The first-order valence-corrected chi connectivity index (χ1v) is 11.0. The third-order valence-corrected chi connectivity index (χ3v) is 6.17. The Hall–Kier alpha value is -3.15. The van der Waals surface area contributed by atoms with Crippen LogP contribution >= 0.6 is 0 Å². The van der Waals surface area contributed by atoms with Crippen LogP contribution in [-0.4, -0.2) is 64.0 Å². The summed E-state index contributed by atoms with van der Waals surface area (Å²) < 4.78 is 37.2. The Bertz CT molecular complexity index is 990. The molecule has 0 atom stereocenters. The molecule has 0 radical (unpaired) electrons. The van der Waals surface area contributed by atoms with Gasteiger partial charge in [0.05, 0.1) is 18.1 Å². The molecule has 1 aliphatic rings. The maximum atomic E-state index is 12.6. The number of amidine groups is 1. The molecule has 0 unspecified atom stereocenters. The minimum atomic E-state index is -3.58. The van der Waals surface area contributed by atoms with Gasteiger partial charge in [-0.15, -0.1) is 0 Å². The van der Waals surface area contributed by atoms with Crippen LogP contribution in [-0.2, 0) is 24.4 Å². The van der Waals surface area contributed by atoms with Crippen molar-refractivity contribution in [2.24, 2.45) is 10.9 Å². The largest absolute Gasteiger partial charge is 0.486 e. The number of nitrogens with one attached hydrogen (secondary N) is 1. The van der Waals surface area contributed by atoms with Crippen molar-refractivity contribution in [1.29, 1.82) is 0 Å². The van der Waals surface area contributed by atoms with E-state index in [9.17, 15) is 13.2 Å². The van der Waals surface area contributed by atoms with Gasteiger partial charge < -0.3 is 25.4 Å². The quantitative estimate of drug-likeness (QED) is 0.332. The first kappa shape index (κ1) is 22.5. The highest BCUT2D eigenvalue weighted by Gasteiger charge is 2.26. The molecule has 0 bridgehead atoms. The SMILES string of the molecule is N/C(COc1ccccc1)=N\OCC(=O)Nc1ccc(S(=O)(=O)N2CCOCC2)cc1. The van der Waals surface area contributed by atoms with Crippen LogP contribution in [0.2, 0.25) is 0 Å². The number of para-hydroxylation sites is 1. The molecule has 2 aromatic carbocycles. The van der Waals surface area contributed by atoms with Crippen LogP contribution in [0.3, 0.4) is 0 Å². The first-order valence-electron chi connectivity index (χ1n) is 9.55. The summed E-state index contributed by atoms with van der Waals surface area (Å²) in [5, 5.41) is 6.23. The van der Waals surface area contributed by atoms with E-state index < -0.39 is 15.9 Å². The van der Waals surface area contributed by atoms with Gasteiger partial charge in [-0.3, -0.25) is 4.79 Å². The van der Waals surface area contributed by atoms with Gasteiger partial charge >= 0.3 is 0 Å². The van der Waals surface area contributed by atoms with E-state index in [0.29, 0.717) is 37.7 Å². The molecule has 10 nitrogen and oxygen atoms in total. The normalized spacial score (nSPS) is 15.3. The lowest BCUT2D eigenvalue weighted by Crippen LogP contribution is -2.40. The molecule has 0 aromatic heterocycles. The number of amides is 1. The van der Waals surface area contributed by atoms with E-state index in [1.54, 1.807) is 12.1 Å². The van der Waals surface area contributed by atoms with Gasteiger partial charge in [-0.25, -0.2) is 8.42 Å². The van der Waals surface area contributed by atoms with Gasteiger partial charge in [0.2, 0.25) is 10.0 Å². The molecule has 1 aliphatic heterocycles. The van der Waals surface area contributed by atoms with Crippen molar-refractivity contribution in [1.82, 2.24) is 4.31 Å². The Balaban J connectivity index is 1.45. The summed E-state index contributed by atoms with van der Waals surface area (Å²) in [6.07, 6.45) is 0. The summed E-state index contributed by atoms with van der Waals surface area (Å²) in [5.41, 5.74) is 6.11. The van der Waals surface area contributed by atoms with E-state index in [4.69, 9.17) is 20.0 Å².